The molecular weight excluding hydrogens is 360 g/mol. The highest BCUT2D eigenvalue weighted by Crippen LogP contribution is 2.32. The number of fused-ring (bicyclic) bond motifs is 1. The number of thiophene rings is 1. The van der Waals surface area contributed by atoms with Crippen LogP contribution in [0.25, 0.3) is 10.2 Å². The van der Waals surface area contributed by atoms with E-state index in [2.05, 4.69) is 15.6 Å². The first kappa shape index (κ1) is 19.0. The topological polar surface area (TPSA) is 89.3 Å². The van der Waals surface area contributed by atoms with E-state index < -0.39 is 11.7 Å². The van der Waals surface area contributed by atoms with Gasteiger partial charge in [-0.2, -0.15) is 0 Å². The molecule has 7 heteroatoms. The van der Waals surface area contributed by atoms with Crippen molar-refractivity contribution in [1.82, 2.24) is 10.3 Å². The Kier molecular flexibility index (Phi) is 5.51. The van der Waals surface area contributed by atoms with Crippen molar-refractivity contribution in [2.24, 2.45) is 0 Å². The molecule has 0 saturated heterocycles. The molecule has 2 heterocycles. The maximum Gasteiger partial charge on any atom is 0.407 e. The maximum atomic E-state index is 11.7. The van der Waals surface area contributed by atoms with Gasteiger partial charge in [-0.1, -0.05) is 24.3 Å². The number of benzene rings is 1. The lowest BCUT2D eigenvalue weighted by Gasteiger charge is -2.19. The van der Waals surface area contributed by atoms with Gasteiger partial charge in [-0.15, -0.1) is 11.3 Å². The summed E-state index contributed by atoms with van der Waals surface area (Å²) >= 11 is 1.62. The van der Waals surface area contributed by atoms with Crippen LogP contribution in [-0.2, 0) is 17.8 Å². The lowest BCUT2D eigenvalue weighted by molar-refractivity contribution is 0.0523. The molecule has 142 valence electrons. The summed E-state index contributed by atoms with van der Waals surface area (Å²) in [6, 6.07) is 10.0. The van der Waals surface area contributed by atoms with E-state index in [1.807, 2.05) is 56.5 Å². The zero-order chi connectivity index (χ0) is 19.4. The molecule has 1 aromatic carbocycles. The van der Waals surface area contributed by atoms with Gasteiger partial charge in [0.15, 0.2) is 0 Å². The van der Waals surface area contributed by atoms with E-state index in [4.69, 9.17) is 10.5 Å². The number of anilines is 2. The number of nitrogen functional groups attached to an aromatic ring is 1. The number of carbonyl (C=O) groups is 1. The molecule has 0 aliphatic heterocycles. The Morgan fingerprint density at radius 1 is 1.15 bits per heavy atom. The van der Waals surface area contributed by atoms with Gasteiger partial charge >= 0.3 is 6.09 Å². The number of alkyl carbamates (subject to hydrolysis) is 1. The van der Waals surface area contributed by atoms with Gasteiger partial charge in [0.25, 0.3) is 0 Å². The molecule has 0 fully saturated rings. The molecule has 3 aromatic rings. The number of hydrogen-bond acceptors (Lipinski definition) is 6. The Morgan fingerprint density at radius 2 is 1.81 bits per heavy atom. The minimum atomic E-state index is -0.498. The summed E-state index contributed by atoms with van der Waals surface area (Å²) in [5.41, 5.74) is 10.2. The number of carbonyl (C=O) groups excluding carboxylic acids is 1. The molecule has 2 aromatic heterocycles. The quantitative estimate of drug-likeness (QED) is 0.602. The molecule has 0 aliphatic rings. The van der Waals surface area contributed by atoms with Crippen LogP contribution in [0.1, 0.15) is 31.9 Å². The van der Waals surface area contributed by atoms with Crippen LogP contribution in [0.3, 0.4) is 0 Å². The second kappa shape index (κ2) is 7.84. The summed E-state index contributed by atoms with van der Waals surface area (Å²) in [5, 5.41) is 8.18. The van der Waals surface area contributed by atoms with Crippen LogP contribution in [0.2, 0.25) is 0 Å². The number of nitrogens with one attached hydrogen (secondary N) is 2. The molecule has 0 unspecified atom stereocenters. The standard InChI is InChI=1S/C20H24N4O2S/c1-20(2,3)26-19(25)24-11-14-6-4-13(5-7-14)10-23-17-15(21)12-22-16-8-9-27-18(16)17/h4-9,12H,10-11,21H2,1-3H3,(H,22,23)(H,24,25). The Balaban J connectivity index is 1.57. The number of ether oxygens (including phenoxy) is 1. The molecule has 27 heavy (non-hydrogen) atoms. The summed E-state index contributed by atoms with van der Waals surface area (Å²) in [6.45, 7) is 6.60. The predicted molar refractivity (Wildman–Crippen MR) is 111 cm³/mol. The molecule has 6 nitrogen and oxygen atoms in total. The van der Waals surface area contributed by atoms with Crippen molar-refractivity contribution in [2.75, 3.05) is 11.1 Å². The number of nitrogens with zero attached hydrogens (tertiary/aromatic N) is 1. The Hall–Kier alpha value is -2.80. The van der Waals surface area contributed by atoms with Gasteiger partial charge in [0, 0.05) is 13.1 Å². The summed E-state index contributed by atoms with van der Waals surface area (Å²) in [5.74, 6) is 0. The molecule has 0 atom stereocenters. The van der Waals surface area contributed by atoms with Gasteiger partial charge in [-0.25, -0.2) is 4.79 Å². The van der Waals surface area contributed by atoms with Gasteiger partial charge in [-0.05, 0) is 43.3 Å². The van der Waals surface area contributed by atoms with Crippen molar-refractivity contribution < 1.29 is 9.53 Å². The Labute approximate surface area is 162 Å². The Morgan fingerprint density at radius 3 is 2.48 bits per heavy atom. The van der Waals surface area contributed by atoms with E-state index in [0.29, 0.717) is 18.8 Å². The molecule has 4 N–H and O–H groups in total. The van der Waals surface area contributed by atoms with Crippen molar-refractivity contribution in [3.63, 3.8) is 0 Å². The van der Waals surface area contributed by atoms with Gasteiger partial charge in [0.1, 0.15) is 5.60 Å². The Bertz CT molecular complexity index is 929. The second-order valence-corrected chi connectivity index (χ2v) is 8.17. The first-order valence-corrected chi connectivity index (χ1v) is 9.60. The van der Waals surface area contributed by atoms with Crippen LogP contribution in [0.4, 0.5) is 16.2 Å². The fourth-order valence-corrected chi connectivity index (χ4v) is 3.44. The number of amides is 1. The lowest BCUT2D eigenvalue weighted by Crippen LogP contribution is -2.32. The number of rotatable bonds is 5. The monoisotopic (exact) mass is 384 g/mol. The van der Waals surface area contributed by atoms with Crippen LogP contribution in [0.5, 0.6) is 0 Å². The normalized spacial score (nSPS) is 11.4. The third-order valence-electron chi connectivity index (χ3n) is 3.83. The van der Waals surface area contributed by atoms with Crippen LogP contribution in [-0.4, -0.2) is 16.7 Å². The number of pyridine rings is 1. The SMILES string of the molecule is CC(C)(C)OC(=O)NCc1ccc(CNc2c(N)cnc3ccsc23)cc1. The predicted octanol–water partition coefficient (Wildman–Crippen LogP) is 4.52. The molecule has 0 bridgehead atoms. The average Bonchev–Trinajstić information content (AvgIpc) is 3.07. The van der Waals surface area contributed by atoms with Crippen LogP contribution >= 0.6 is 11.3 Å². The highest BCUT2D eigenvalue weighted by atomic mass is 32.1. The van der Waals surface area contributed by atoms with E-state index in [0.717, 1.165) is 27.0 Å². The zero-order valence-electron chi connectivity index (χ0n) is 15.7. The molecule has 1 amide bonds. The number of aromatic nitrogens is 1. The number of nitrogens with two attached hydrogens (primary N) is 1. The van der Waals surface area contributed by atoms with E-state index in [1.54, 1.807) is 17.5 Å². The van der Waals surface area contributed by atoms with E-state index >= 15 is 0 Å². The molecule has 0 saturated carbocycles. The van der Waals surface area contributed by atoms with Gasteiger partial charge < -0.3 is 21.1 Å². The average molecular weight is 385 g/mol. The molecule has 3 rings (SSSR count). The lowest BCUT2D eigenvalue weighted by atomic mass is 10.1. The van der Waals surface area contributed by atoms with Crippen LogP contribution < -0.4 is 16.4 Å². The third kappa shape index (κ3) is 5.10. The van der Waals surface area contributed by atoms with Crippen LogP contribution in [0.15, 0.2) is 41.9 Å². The second-order valence-electron chi connectivity index (χ2n) is 7.25. The van der Waals surface area contributed by atoms with E-state index in [-0.39, 0.29) is 0 Å². The van der Waals surface area contributed by atoms with Crippen LogP contribution in [0, 0.1) is 0 Å². The van der Waals surface area contributed by atoms with Crippen molar-refractivity contribution in [1.29, 1.82) is 0 Å². The highest BCUT2D eigenvalue weighted by Gasteiger charge is 2.15. The first-order valence-electron chi connectivity index (χ1n) is 8.72. The van der Waals surface area contributed by atoms with Crippen molar-refractivity contribution in [3.8, 4) is 0 Å². The fourth-order valence-electron chi connectivity index (χ4n) is 2.56. The van der Waals surface area contributed by atoms with Gasteiger partial charge in [0.2, 0.25) is 0 Å². The highest BCUT2D eigenvalue weighted by molar-refractivity contribution is 7.17. The summed E-state index contributed by atoms with van der Waals surface area (Å²) in [6.07, 6.45) is 1.27. The number of hydrogen-bond donors (Lipinski definition) is 3. The largest absolute Gasteiger partial charge is 0.444 e. The minimum absolute atomic E-state index is 0.415. The first-order chi connectivity index (χ1) is 12.8. The summed E-state index contributed by atoms with van der Waals surface area (Å²) in [4.78, 5) is 16.0. The van der Waals surface area contributed by atoms with Crippen molar-refractivity contribution in [2.45, 2.75) is 39.5 Å². The smallest absolute Gasteiger partial charge is 0.407 e. The fraction of sp³-hybridized carbons (Fsp3) is 0.300. The molecule has 0 spiro atoms. The van der Waals surface area contributed by atoms with E-state index in [9.17, 15) is 4.79 Å². The third-order valence-corrected chi connectivity index (χ3v) is 4.75. The van der Waals surface area contributed by atoms with Gasteiger partial charge in [0.05, 0.1) is 27.8 Å². The summed E-state index contributed by atoms with van der Waals surface area (Å²) < 4.78 is 6.30. The van der Waals surface area contributed by atoms with Gasteiger partial charge in [-0.3, -0.25) is 4.98 Å². The minimum Gasteiger partial charge on any atom is -0.444 e. The maximum absolute atomic E-state index is 11.7. The molecular formula is C20H24N4O2S. The van der Waals surface area contributed by atoms with Crippen molar-refractivity contribution >= 4 is 39.0 Å². The van der Waals surface area contributed by atoms with Crippen molar-refractivity contribution in [3.05, 3.63) is 53.0 Å². The zero-order valence-corrected chi connectivity index (χ0v) is 16.5. The summed E-state index contributed by atoms with van der Waals surface area (Å²) in [7, 11) is 0. The van der Waals surface area contributed by atoms with E-state index in [1.165, 1.54) is 0 Å². The molecule has 0 radical (unpaired) electrons. The molecule has 0 aliphatic carbocycles.